The van der Waals surface area contributed by atoms with Crippen LogP contribution >= 0.6 is 0 Å². The molecule has 2 N–H and O–H groups in total. The van der Waals surface area contributed by atoms with Gasteiger partial charge in [0, 0.05) is 24.6 Å². The molecule has 18 heavy (non-hydrogen) atoms. The van der Waals surface area contributed by atoms with Gasteiger partial charge >= 0.3 is 0 Å². The van der Waals surface area contributed by atoms with Gasteiger partial charge in [0.25, 0.3) is 0 Å². The number of hydrogen-bond acceptors (Lipinski definition) is 3. The SMILES string of the molecule is CC(Oc1ccccc1CN)C1CCCN(C)C1. The van der Waals surface area contributed by atoms with Crippen LogP contribution in [0, 0.1) is 5.92 Å². The summed E-state index contributed by atoms with van der Waals surface area (Å²) in [4.78, 5) is 2.39. The Morgan fingerprint density at radius 3 is 2.94 bits per heavy atom. The summed E-state index contributed by atoms with van der Waals surface area (Å²) in [5.41, 5.74) is 6.83. The maximum absolute atomic E-state index is 6.12. The number of rotatable bonds is 4. The van der Waals surface area contributed by atoms with Crippen LogP contribution in [0.2, 0.25) is 0 Å². The van der Waals surface area contributed by atoms with Gasteiger partial charge in [-0.15, -0.1) is 0 Å². The summed E-state index contributed by atoms with van der Waals surface area (Å²) in [6, 6.07) is 8.07. The number of para-hydroxylation sites is 1. The zero-order valence-electron chi connectivity index (χ0n) is 11.4. The molecule has 1 aromatic carbocycles. The van der Waals surface area contributed by atoms with Crippen LogP contribution in [-0.2, 0) is 6.54 Å². The smallest absolute Gasteiger partial charge is 0.124 e. The summed E-state index contributed by atoms with van der Waals surface area (Å²) >= 11 is 0. The van der Waals surface area contributed by atoms with Gasteiger partial charge in [-0.05, 0) is 39.4 Å². The first-order chi connectivity index (χ1) is 8.70. The van der Waals surface area contributed by atoms with Crippen LogP contribution in [0.5, 0.6) is 5.75 Å². The van der Waals surface area contributed by atoms with E-state index >= 15 is 0 Å². The van der Waals surface area contributed by atoms with E-state index in [1.165, 1.54) is 19.4 Å². The molecule has 0 bridgehead atoms. The lowest BCUT2D eigenvalue weighted by Gasteiger charge is -2.33. The average molecular weight is 248 g/mol. The number of nitrogens with zero attached hydrogens (tertiary/aromatic N) is 1. The number of ether oxygens (including phenoxy) is 1. The number of benzene rings is 1. The normalized spacial score (nSPS) is 22.7. The lowest BCUT2D eigenvalue weighted by molar-refractivity contribution is 0.0894. The van der Waals surface area contributed by atoms with Gasteiger partial charge < -0.3 is 15.4 Å². The van der Waals surface area contributed by atoms with E-state index < -0.39 is 0 Å². The van der Waals surface area contributed by atoms with Gasteiger partial charge in [0.2, 0.25) is 0 Å². The first kappa shape index (κ1) is 13.4. The fraction of sp³-hybridized carbons (Fsp3) is 0.600. The summed E-state index contributed by atoms with van der Waals surface area (Å²) in [5.74, 6) is 1.57. The van der Waals surface area contributed by atoms with Crippen molar-refractivity contribution in [2.45, 2.75) is 32.4 Å². The Labute approximate surface area is 110 Å². The fourth-order valence-electron chi connectivity index (χ4n) is 2.67. The summed E-state index contributed by atoms with van der Waals surface area (Å²) in [6.45, 7) is 5.05. The second kappa shape index (κ2) is 6.21. The minimum atomic E-state index is 0.250. The largest absolute Gasteiger partial charge is 0.490 e. The molecule has 1 fully saturated rings. The molecule has 0 amide bonds. The summed E-state index contributed by atoms with van der Waals surface area (Å²) in [5, 5.41) is 0. The van der Waals surface area contributed by atoms with Gasteiger partial charge in [0.05, 0.1) is 6.10 Å². The third-order valence-electron chi connectivity index (χ3n) is 3.83. The number of hydrogen-bond donors (Lipinski definition) is 1. The molecule has 2 rings (SSSR count). The van der Waals surface area contributed by atoms with Crippen molar-refractivity contribution in [3.63, 3.8) is 0 Å². The van der Waals surface area contributed by atoms with Crippen LogP contribution in [0.25, 0.3) is 0 Å². The lowest BCUT2D eigenvalue weighted by Crippen LogP contribution is -2.39. The number of piperidine rings is 1. The number of likely N-dealkylation sites (tertiary alicyclic amines) is 1. The molecule has 1 aromatic rings. The van der Waals surface area contributed by atoms with E-state index in [0.717, 1.165) is 17.9 Å². The lowest BCUT2D eigenvalue weighted by atomic mass is 9.93. The van der Waals surface area contributed by atoms with Crippen molar-refractivity contribution < 1.29 is 4.74 Å². The molecule has 2 atom stereocenters. The second-order valence-corrected chi connectivity index (χ2v) is 5.30. The summed E-state index contributed by atoms with van der Waals surface area (Å²) in [7, 11) is 2.19. The topological polar surface area (TPSA) is 38.5 Å². The number of nitrogens with two attached hydrogens (primary N) is 1. The van der Waals surface area contributed by atoms with Crippen molar-refractivity contribution in [2.24, 2.45) is 11.7 Å². The molecule has 0 saturated carbocycles. The molecule has 1 heterocycles. The van der Waals surface area contributed by atoms with E-state index in [2.05, 4.69) is 18.9 Å². The zero-order valence-corrected chi connectivity index (χ0v) is 11.4. The Hall–Kier alpha value is -1.06. The first-order valence-electron chi connectivity index (χ1n) is 6.84. The highest BCUT2D eigenvalue weighted by Gasteiger charge is 2.24. The molecule has 3 nitrogen and oxygen atoms in total. The average Bonchev–Trinajstić information content (AvgIpc) is 2.39. The van der Waals surface area contributed by atoms with E-state index in [9.17, 15) is 0 Å². The van der Waals surface area contributed by atoms with Crippen molar-refractivity contribution in [1.82, 2.24) is 4.90 Å². The summed E-state index contributed by atoms with van der Waals surface area (Å²) < 4.78 is 6.12. The molecule has 1 aliphatic rings. The Balaban J connectivity index is 1.99. The molecule has 1 saturated heterocycles. The Morgan fingerprint density at radius 2 is 2.22 bits per heavy atom. The Morgan fingerprint density at radius 1 is 1.44 bits per heavy atom. The first-order valence-corrected chi connectivity index (χ1v) is 6.84. The Kier molecular flexibility index (Phi) is 4.61. The molecule has 100 valence electrons. The van der Waals surface area contributed by atoms with Crippen LogP contribution in [0.1, 0.15) is 25.3 Å². The summed E-state index contributed by atoms with van der Waals surface area (Å²) in [6.07, 6.45) is 2.78. The van der Waals surface area contributed by atoms with Crippen molar-refractivity contribution in [1.29, 1.82) is 0 Å². The quantitative estimate of drug-likeness (QED) is 0.888. The maximum atomic E-state index is 6.12. The van der Waals surface area contributed by atoms with Crippen molar-refractivity contribution in [3.8, 4) is 5.75 Å². The predicted octanol–water partition coefficient (Wildman–Crippen LogP) is 2.25. The minimum absolute atomic E-state index is 0.250. The van der Waals surface area contributed by atoms with Crippen molar-refractivity contribution >= 4 is 0 Å². The van der Waals surface area contributed by atoms with Crippen LogP contribution < -0.4 is 10.5 Å². The highest BCUT2D eigenvalue weighted by Crippen LogP contribution is 2.25. The minimum Gasteiger partial charge on any atom is -0.490 e. The van der Waals surface area contributed by atoms with Crippen LogP contribution in [0.4, 0.5) is 0 Å². The van der Waals surface area contributed by atoms with Gasteiger partial charge in [0.1, 0.15) is 5.75 Å². The second-order valence-electron chi connectivity index (χ2n) is 5.30. The van der Waals surface area contributed by atoms with E-state index in [1.54, 1.807) is 0 Å². The highest BCUT2D eigenvalue weighted by atomic mass is 16.5. The fourth-order valence-corrected chi connectivity index (χ4v) is 2.67. The van der Waals surface area contributed by atoms with Crippen LogP contribution in [0.15, 0.2) is 24.3 Å². The van der Waals surface area contributed by atoms with Crippen LogP contribution in [0.3, 0.4) is 0 Å². The van der Waals surface area contributed by atoms with E-state index in [-0.39, 0.29) is 6.10 Å². The maximum Gasteiger partial charge on any atom is 0.124 e. The molecular weight excluding hydrogens is 224 g/mol. The van der Waals surface area contributed by atoms with Gasteiger partial charge in [-0.2, -0.15) is 0 Å². The zero-order chi connectivity index (χ0) is 13.0. The third-order valence-corrected chi connectivity index (χ3v) is 3.83. The molecule has 0 aromatic heterocycles. The Bertz CT molecular complexity index is 381. The molecule has 0 aliphatic carbocycles. The molecule has 1 aliphatic heterocycles. The third kappa shape index (κ3) is 3.24. The van der Waals surface area contributed by atoms with Gasteiger partial charge in [0.15, 0.2) is 0 Å². The van der Waals surface area contributed by atoms with Crippen LogP contribution in [-0.4, -0.2) is 31.1 Å². The van der Waals surface area contributed by atoms with E-state index in [0.29, 0.717) is 12.5 Å². The predicted molar refractivity (Wildman–Crippen MR) is 74.6 cm³/mol. The standard InChI is InChI=1S/C15H24N2O/c1-12(14-7-5-9-17(2)11-14)18-15-8-4-3-6-13(15)10-16/h3-4,6,8,12,14H,5,7,9-11,16H2,1-2H3. The van der Waals surface area contributed by atoms with E-state index in [4.69, 9.17) is 10.5 Å². The van der Waals surface area contributed by atoms with E-state index in [1.807, 2.05) is 24.3 Å². The van der Waals surface area contributed by atoms with Crippen molar-refractivity contribution in [2.75, 3.05) is 20.1 Å². The van der Waals surface area contributed by atoms with Gasteiger partial charge in [-0.3, -0.25) is 0 Å². The molecule has 0 radical (unpaired) electrons. The van der Waals surface area contributed by atoms with Gasteiger partial charge in [-0.25, -0.2) is 0 Å². The molecular formula is C15H24N2O. The molecule has 3 heteroatoms. The van der Waals surface area contributed by atoms with Crippen molar-refractivity contribution in [3.05, 3.63) is 29.8 Å². The highest BCUT2D eigenvalue weighted by molar-refractivity contribution is 5.33. The molecule has 2 unspecified atom stereocenters. The van der Waals surface area contributed by atoms with Gasteiger partial charge in [-0.1, -0.05) is 18.2 Å². The monoisotopic (exact) mass is 248 g/mol. The molecule has 0 spiro atoms.